The van der Waals surface area contributed by atoms with Crippen LogP contribution in [-0.4, -0.2) is 22.6 Å². The molecule has 124 valence electrons. The quantitative estimate of drug-likeness (QED) is 0.488. The van der Waals surface area contributed by atoms with Gasteiger partial charge >= 0.3 is 5.97 Å². The molecule has 2 aromatic rings. The number of esters is 1. The van der Waals surface area contributed by atoms with Crippen molar-refractivity contribution in [2.75, 3.05) is 7.11 Å². The molecule has 7 nitrogen and oxygen atoms in total. The summed E-state index contributed by atoms with van der Waals surface area (Å²) in [6.45, 7) is 0.293. The minimum absolute atomic E-state index is 0.0893. The Kier molecular flexibility index (Phi) is 4.16. The van der Waals surface area contributed by atoms with Crippen molar-refractivity contribution >= 4 is 11.7 Å². The Hall–Kier alpha value is -2.96. The fourth-order valence-electron chi connectivity index (χ4n) is 3.18. The van der Waals surface area contributed by atoms with Crippen LogP contribution in [-0.2, 0) is 17.7 Å². The van der Waals surface area contributed by atoms with Crippen LogP contribution in [0.5, 0.6) is 0 Å². The monoisotopic (exact) mass is 328 g/mol. The minimum atomic E-state index is -0.871. The molecule has 1 aromatic heterocycles. The van der Waals surface area contributed by atoms with E-state index in [-0.39, 0.29) is 17.2 Å². The number of pyridine rings is 1. The first-order valence-corrected chi connectivity index (χ1v) is 7.56. The Bertz CT molecular complexity index is 872. The molecule has 0 bridgehead atoms. The number of nitro groups is 1. The van der Waals surface area contributed by atoms with Crippen LogP contribution in [0.2, 0.25) is 0 Å². The largest absolute Gasteiger partial charge is 0.465 e. The lowest BCUT2D eigenvalue weighted by molar-refractivity contribution is -0.385. The van der Waals surface area contributed by atoms with Crippen LogP contribution < -0.4 is 5.56 Å². The average molecular weight is 328 g/mol. The van der Waals surface area contributed by atoms with E-state index < -0.39 is 16.5 Å². The molecule has 1 aliphatic carbocycles. The number of ether oxygens (including phenoxy) is 1. The standard InChI is InChI=1S/C17H16N2O5/c1-24-17(21)15-8-13(19(22)23)10-18(16(15)20)9-12-7-6-11-4-2-3-5-14(11)12/h2-5,8,10,12H,6-7,9H2,1H3. The number of aryl methyl sites for hydroxylation is 1. The molecule has 0 aliphatic heterocycles. The van der Waals surface area contributed by atoms with E-state index in [4.69, 9.17) is 0 Å². The van der Waals surface area contributed by atoms with Crippen LogP contribution in [0.1, 0.15) is 33.8 Å². The Morgan fingerprint density at radius 1 is 1.42 bits per heavy atom. The van der Waals surface area contributed by atoms with Crippen LogP contribution in [0.3, 0.4) is 0 Å². The van der Waals surface area contributed by atoms with Gasteiger partial charge in [-0.3, -0.25) is 14.9 Å². The molecule has 1 unspecified atom stereocenters. The molecule has 0 radical (unpaired) electrons. The first kappa shape index (κ1) is 15.9. The van der Waals surface area contributed by atoms with Gasteiger partial charge in [0.1, 0.15) is 5.56 Å². The number of nitrogens with zero attached hydrogens (tertiary/aromatic N) is 2. The van der Waals surface area contributed by atoms with Crippen molar-refractivity contribution in [2.24, 2.45) is 0 Å². The molecule has 0 amide bonds. The first-order valence-electron chi connectivity index (χ1n) is 7.56. The number of fused-ring (bicyclic) bond motifs is 1. The molecule has 24 heavy (non-hydrogen) atoms. The summed E-state index contributed by atoms with van der Waals surface area (Å²) in [4.78, 5) is 34.7. The maximum Gasteiger partial charge on any atom is 0.343 e. The van der Waals surface area contributed by atoms with E-state index in [9.17, 15) is 19.7 Å². The van der Waals surface area contributed by atoms with E-state index in [0.717, 1.165) is 31.6 Å². The second kappa shape index (κ2) is 6.27. The van der Waals surface area contributed by atoms with Gasteiger partial charge in [-0.25, -0.2) is 4.79 Å². The van der Waals surface area contributed by atoms with Crippen molar-refractivity contribution in [3.05, 3.63) is 73.7 Å². The second-order valence-corrected chi connectivity index (χ2v) is 5.75. The summed E-state index contributed by atoms with van der Waals surface area (Å²) in [5.74, 6) is -0.782. The zero-order valence-corrected chi connectivity index (χ0v) is 13.1. The van der Waals surface area contributed by atoms with Gasteiger partial charge in [-0.15, -0.1) is 0 Å². The number of hydrogen-bond acceptors (Lipinski definition) is 5. The third kappa shape index (κ3) is 2.80. The molecular weight excluding hydrogens is 312 g/mol. The molecule has 3 rings (SSSR count). The average Bonchev–Trinajstić information content (AvgIpc) is 2.99. The fourth-order valence-corrected chi connectivity index (χ4v) is 3.18. The lowest BCUT2D eigenvalue weighted by Gasteiger charge is -2.14. The molecule has 0 fully saturated rings. The highest BCUT2D eigenvalue weighted by Crippen LogP contribution is 2.33. The number of carbonyl (C=O) groups is 1. The maximum absolute atomic E-state index is 12.5. The van der Waals surface area contributed by atoms with E-state index in [1.807, 2.05) is 24.3 Å². The smallest absolute Gasteiger partial charge is 0.343 e. The normalized spacial score (nSPS) is 15.8. The summed E-state index contributed by atoms with van der Waals surface area (Å²) < 4.78 is 5.81. The van der Waals surface area contributed by atoms with E-state index in [0.29, 0.717) is 6.54 Å². The highest BCUT2D eigenvalue weighted by molar-refractivity contribution is 5.89. The van der Waals surface area contributed by atoms with E-state index in [1.165, 1.54) is 16.3 Å². The molecule has 7 heteroatoms. The number of methoxy groups -OCH3 is 1. The molecule has 1 aromatic carbocycles. The topological polar surface area (TPSA) is 91.4 Å². The highest BCUT2D eigenvalue weighted by atomic mass is 16.6. The molecule has 1 atom stereocenters. The van der Waals surface area contributed by atoms with Gasteiger partial charge in [-0.1, -0.05) is 24.3 Å². The molecule has 1 heterocycles. The van der Waals surface area contributed by atoms with Gasteiger partial charge in [0.05, 0.1) is 18.2 Å². The van der Waals surface area contributed by atoms with Crippen LogP contribution in [0.15, 0.2) is 41.3 Å². The summed E-state index contributed by atoms with van der Waals surface area (Å²) in [5.41, 5.74) is 1.18. The number of benzene rings is 1. The van der Waals surface area contributed by atoms with Gasteiger partial charge in [0.25, 0.3) is 11.2 Å². The molecule has 0 N–H and O–H groups in total. The summed E-state index contributed by atoms with van der Waals surface area (Å²) in [5, 5.41) is 11.1. The predicted octanol–water partition coefficient (Wildman–Crippen LogP) is 2.27. The zero-order valence-electron chi connectivity index (χ0n) is 13.1. The van der Waals surface area contributed by atoms with Crippen molar-refractivity contribution in [3.8, 4) is 0 Å². The minimum Gasteiger partial charge on any atom is -0.465 e. The van der Waals surface area contributed by atoms with Gasteiger partial charge in [-0.05, 0) is 24.0 Å². The van der Waals surface area contributed by atoms with Crippen LogP contribution in [0, 0.1) is 10.1 Å². The van der Waals surface area contributed by atoms with Crippen molar-refractivity contribution in [1.29, 1.82) is 0 Å². The first-order chi connectivity index (χ1) is 11.5. The predicted molar refractivity (Wildman–Crippen MR) is 86.2 cm³/mol. The second-order valence-electron chi connectivity index (χ2n) is 5.75. The van der Waals surface area contributed by atoms with Crippen molar-refractivity contribution in [2.45, 2.75) is 25.3 Å². The molecule has 0 saturated heterocycles. The zero-order chi connectivity index (χ0) is 17.3. The van der Waals surface area contributed by atoms with Crippen molar-refractivity contribution < 1.29 is 14.5 Å². The van der Waals surface area contributed by atoms with Gasteiger partial charge in [-0.2, -0.15) is 0 Å². The van der Waals surface area contributed by atoms with Crippen molar-refractivity contribution in [1.82, 2.24) is 4.57 Å². The lowest BCUT2D eigenvalue weighted by Crippen LogP contribution is -2.28. The van der Waals surface area contributed by atoms with Crippen molar-refractivity contribution in [3.63, 3.8) is 0 Å². The number of aromatic nitrogens is 1. The van der Waals surface area contributed by atoms with Crippen LogP contribution in [0.25, 0.3) is 0 Å². The van der Waals surface area contributed by atoms with E-state index in [2.05, 4.69) is 4.74 Å². The van der Waals surface area contributed by atoms with Gasteiger partial charge in [0.15, 0.2) is 0 Å². The molecular formula is C17H16N2O5. The number of carbonyl (C=O) groups excluding carboxylic acids is 1. The number of rotatable bonds is 4. The molecule has 0 spiro atoms. The van der Waals surface area contributed by atoms with Gasteiger partial charge < -0.3 is 9.30 Å². The summed E-state index contributed by atoms with van der Waals surface area (Å²) >= 11 is 0. The molecule has 1 aliphatic rings. The van der Waals surface area contributed by atoms with Crippen LogP contribution >= 0.6 is 0 Å². The lowest BCUT2D eigenvalue weighted by atomic mass is 10.0. The van der Waals surface area contributed by atoms with Gasteiger partial charge in [0.2, 0.25) is 0 Å². The number of hydrogen-bond donors (Lipinski definition) is 0. The molecule has 0 saturated carbocycles. The Morgan fingerprint density at radius 3 is 2.88 bits per heavy atom. The van der Waals surface area contributed by atoms with Crippen LogP contribution in [0.4, 0.5) is 5.69 Å². The highest BCUT2D eigenvalue weighted by Gasteiger charge is 2.25. The Morgan fingerprint density at radius 2 is 2.17 bits per heavy atom. The Balaban J connectivity index is 2.02. The van der Waals surface area contributed by atoms with E-state index >= 15 is 0 Å². The fraction of sp³-hybridized carbons (Fsp3) is 0.294. The Labute approximate surface area is 137 Å². The summed E-state index contributed by atoms with van der Waals surface area (Å²) in [7, 11) is 1.14. The maximum atomic E-state index is 12.5. The third-order valence-electron chi connectivity index (χ3n) is 4.36. The summed E-state index contributed by atoms with van der Waals surface area (Å²) in [6.07, 6.45) is 2.96. The van der Waals surface area contributed by atoms with E-state index in [1.54, 1.807) is 0 Å². The summed E-state index contributed by atoms with van der Waals surface area (Å²) in [6, 6.07) is 8.93. The third-order valence-corrected chi connectivity index (χ3v) is 4.36. The van der Waals surface area contributed by atoms with Gasteiger partial charge in [0, 0.05) is 18.5 Å². The SMILES string of the molecule is COC(=O)c1cc([N+](=O)[O-])cn(CC2CCc3ccccc32)c1=O.